The Hall–Kier alpha value is -1.13. The van der Waals surface area contributed by atoms with Gasteiger partial charge in [0.25, 0.3) is 0 Å². The van der Waals surface area contributed by atoms with E-state index in [2.05, 4.69) is 4.98 Å². The van der Waals surface area contributed by atoms with Crippen LogP contribution in [0.2, 0.25) is 0 Å². The van der Waals surface area contributed by atoms with E-state index in [1.165, 1.54) is 5.98 Å². The van der Waals surface area contributed by atoms with Crippen molar-refractivity contribution in [3.63, 3.8) is 0 Å². The number of hydrogen-bond acceptors (Lipinski definition) is 3. The van der Waals surface area contributed by atoms with Crippen molar-refractivity contribution in [3.05, 3.63) is 35.1 Å². The second-order valence-corrected chi connectivity index (χ2v) is 2.96. The molecule has 0 aliphatic rings. The smallest absolute Gasteiger partial charge is 0.424 e. The van der Waals surface area contributed by atoms with Gasteiger partial charge in [0.1, 0.15) is 0 Å². The summed E-state index contributed by atoms with van der Waals surface area (Å²) in [5.41, 5.74) is 2.78. The molecule has 3 nitrogen and oxygen atoms in total. The number of nitrogens with zero attached hydrogens (tertiary/aromatic N) is 1. The lowest BCUT2D eigenvalue weighted by Crippen LogP contribution is -2.05. The summed E-state index contributed by atoms with van der Waals surface area (Å²) < 4.78 is 0. The Morgan fingerprint density at radius 2 is 1.77 bits per heavy atom. The fourth-order valence-corrected chi connectivity index (χ4v) is 1.16. The normalized spacial score (nSPS) is 10.8. The molecule has 1 rings (SSSR count). The van der Waals surface area contributed by atoms with Crippen molar-refractivity contribution in [2.75, 3.05) is 0 Å². The summed E-state index contributed by atoms with van der Waals surface area (Å²) in [5, 5.41) is 17.2. The minimum Gasteiger partial charge on any atom is -0.424 e. The van der Waals surface area contributed by atoms with Gasteiger partial charge in [0.15, 0.2) is 0 Å². The number of rotatable bonds is 2. The van der Waals surface area contributed by atoms with E-state index in [9.17, 15) is 0 Å². The maximum atomic E-state index is 8.61. The molecule has 0 saturated heterocycles. The Labute approximate surface area is 77.9 Å². The summed E-state index contributed by atoms with van der Waals surface area (Å²) in [6.45, 7) is 3.80. The van der Waals surface area contributed by atoms with Crippen LogP contribution in [0.5, 0.6) is 0 Å². The van der Waals surface area contributed by atoms with Gasteiger partial charge in [-0.25, -0.2) is 0 Å². The monoisotopic (exact) mass is 177 g/mol. The molecule has 0 radical (unpaired) electrons. The Kier molecular flexibility index (Phi) is 3.22. The molecule has 1 aromatic rings. The van der Waals surface area contributed by atoms with E-state index >= 15 is 0 Å². The van der Waals surface area contributed by atoms with Gasteiger partial charge in [-0.15, -0.1) is 0 Å². The summed E-state index contributed by atoms with van der Waals surface area (Å²) >= 11 is 0. The fraction of sp³-hybridized carbons (Fsp3) is 0.222. The number of aromatic nitrogens is 1. The van der Waals surface area contributed by atoms with Crippen molar-refractivity contribution >= 4 is 13.2 Å². The third-order valence-corrected chi connectivity index (χ3v) is 1.56. The minimum absolute atomic E-state index is 0.923. The molecule has 0 unspecified atom stereocenters. The largest absolute Gasteiger partial charge is 0.480 e. The molecule has 0 spiro atoms. The van der Waals surface area contributed by atoms with E-state index in [4.69, 9.17) is 10.0 Å². The number of aryl methyl sites for hydroxylation is 2. The van der Waals surface area contributed by atoms with Crippen LogP contribution in [0.1, 0.15) is 17.0 Å². The van der Waals surface area contributed by atoms with Gasteiger partial charge >= 0.3 is 7.12 Å². The van der Waals surface area contributed by atoms with Crippen molar-refractivity contribution in [2.45, 2.75) is 13.8 Å². The number of pyridine rings is 1. The van der Waals surface area contributed by atoms with Crippen LogP contribution < -0.4 is 0 Å². The average molecular weight is 177 g/mol. The molecule has 4 heteroatoms. The average Bonchev–Trinajstić information content (AvgIpc) is 1.99. The van der Waals surface area contributed by atoms with Crippen LogP contribution in [0.25, 0.3) is 6.08 Å². The van der Waals surface area contributed by atoms with Crippen molar-refractivity contribution in [1.82, 2.24) is 4.98 Å². The highest BCUT2D eigenvalue weighted by molar-refractivity contribution is 6.48. The second-order valence-electron chi connectivity index (χ2n) is 2.96. The highest BCUT2D eigenvalue weighted by atomic mass is 16.4. The Bertz CT molecular complexity index is 303. The molecule has 0 aromatic carbocycles. The summed E-state index contributed by atoms with van der Waals surface area (Å²) in [6, 6.07) is 3.76. The standard InChI is InChI=1S/C9H12BNO2/c1-7-5-9(3-4-10(12)13)6-8(2)11-7/h3-6,12-13H,1-2H3/b4-3+. The predicted octanol–water partition coefficient (Wildman–Crippen LogP) is 0.724. The van der Waals surface area contributed by atoms with Gasteiger partial charge in [0, 0.05) is 11.4 Å². The van der Waals surface area contributed by atoms with Crippen LogP contribution in [0, 0.1) is 13.8 Å². The van der Waals surface area contributed by atoms with E-state index in [0.717, 1.165) is 17.0 Å². The molecular formula is C9H12BNO2. The van der Waals surface area contributed by atoms with E-state index in [0.29, 0.717) is 0 Å². The first-order valence-corrected chi connectivity index (χ1v) is 4.07. The third kappa shape index (κ3) is 3.40. The van der Waals surface area contributed by atoms with Crippen LogP contribution in [0.15, 0.2) is 18.1 Å². The van der Waals surface area contributed by atoms with Gasteiger partial charge in [-0.2, -0.15) is 0 Å². The number of hydrogen-bond donors (Lipinski definition) is 2. The maximum Gasteiger partial charge on any atom is 0.480 e. The summed E-state index contributed by atoms with van der Waals surface area (Å²) in [4.78, 5) is 4.20. The zero-order valence-electron chi connectivity index (χ0n) is 7.73. The molecule has 0 saturated carbocycles. The first-order valence-electron chi connectivity index (χ1n) is 4.07. The lowest BCUT2D eigenvalue weighted by molar-refractivity contribution is 0.424. The lowest BCUT2D eigenvalue weighted by Gasteiger charge is -1.98. The highest BCUT2D eigenvalue weighted by Crippen LogP contribution is 2.06. The molecule has 1 aromatic heterocycles. The van der Waals surface area contributed by atoms with Gasteiger partial charge in [0.05, 0.1) is 0 Å². The molecule has 68 valence electrons. The third-order valence-electron chi connectivity index (χ3n) is 1.56. The van der Waals surface area contributed by atoms with Crippen LogP contribution >= 0.6 is 0 Å². The van der Waals surface area contributed by atoms with Crippen LogP contribution in [-0.2, 0) is 0 Å². The lowest BCUT2D eigenvalue weighted by atomic mass is 9.91. The molecule has 0 atom stereocenters. The van der Waals surface area contributed by atoms with Crippen molar-refractivity contribution in [3.8, 4) is 0 Å². The summed E-state index contributed by atoms with van der Waals surface area (Å²) in [6.07, 6.45) is 1.66. The van der Waals surface area contributed by atoms with Gasteiger partial charge in [0.2, 0.25) is 0 Å². The molecule has 0 amide bonds. The molecule has 13 heavy (non-hydrogen) atoms. The predicted molar refractivity (Wildman–Crippen MR) is 52.9 cm³/mol. The molecule has 1 heterocycles. The Morgan fingerprint density at radius 1 is 1.23 bits per heavy atom. The molecule has 0 aliphatic carbocycles. The second kappa shape index (κ2) is 4.21. The maximum absolute atomic E-state index is 8.61. The zero-order chi connectivity index (χ0) is 9.84. The molecule has 0 bridgehead atoms. The fourth-order valence-electron chi connectivity index (χ4n) is 1.16. The molecule has 2 N–H and O–H groups in total. The van der Waals surface area contributed by atoms with Gasteiger partial charge in [-0.05, 0) is 31.5 Å². The zero-order valence-corrected chi connectivity index (χ0v) is 7.73. The molecular weight excluding hydrogens is 165 g/mol. The van der Waals surface area contributed by atoms with Crippen LogP contribution in [0.3, 0.4) is 0 Å². The molecule has 0 aliphatic heterocycles. The van der Waals surface area contributed by atoms with Gasteiger partial charge in [-0.1, -0.05) is 12.1 Å². The van der Waals surface area contributed by atoms with E-state index < -0.39 is 7.12 Å². The topological polar surface area (TPSA) is 53.4 Å². The van der Waals surface area contributed by atoms with Gasteiger partial charge in [-0.3, -0.25) is 4.98 Å². The Balaban J connectivity index is 2.89. The minimum atomic E-state index is -1.39. The van der Waals surface area contributed by atoms with E-state index in [-0.39, 0.29) is 0 Å². The van der Waals surface area contributed by atoms with Crippen LogP contribution in [-0.4, -0.2) is 22.2 Å². The Morgan fingerprint density at radius 3 is 2.23 bits per heavy atom. The van der Waals surface area contributed by atoms with Gasteiger partial charge < -0.3 is 10.0 Å². The summed E-state index contributed by atoms with van der Waals surface area (Å²) in [7, 11) is -1.39. The highest BCUT2D eigenvalue weighted by Gasteiger charge is 1.99. The van der Waals surface area contributed by atoms with Crippen molar-refractivity contribution < 1.29 is 10.0 Å². The van der Waals surface area contributed by atoms with E-state index in [1.807, 2.05) is 26.0 Å². The first kappa shape index (κ1) is 9.96. The quantitative estimate of drug-likeness (QED) is 0.654. The first-order chi connectivity index (χ1) is 6.08. The van der Waals surface area contributed by atoms with Crippen molar-refractivity contribution in [2.24, 2.45) is 0 Å². The van der Waals surface area contributed by atoms with E-state index in [1.54, 1.807) is 6.08 Å². The molecule has 0 fully saturated rings. The van der Waals surface area contributed by atoms with Crippen molar-refractivity contribution in [1.29, 1.82) is 0 Å². The SMILES string of the molecule is Cc1cc(/C=C/B(O)O)cc(C)n1. The van der Waals surface area contributed by atoms with Crippen LogP contribution in [0.4, 0.5) is 0 Å². The summed E-state index contributed by atoms with van der Waals surface area (Å²) in [5.74, 6) is 1.31.